The fraction of sp³-hybridized carbons (Fsp3) is 0.263. The van der Waals surface area contributed by atoms with Crippen LogP contribution >= 0.6 is 11.8 Å². The molecule has 1 saturated heterocycles. The average Bonchev–Trinajstić information content (AvgIpc) is 2.60. The first-order chi connectivity index (χ1) is 12.2. The van der Waals surface area contributed by atoms with Gasteiger partial charge < -0.3 is 10.6 Å². The summed E-state index contributed by atoms with van der Waals surface area (Å²) in [6.45, 7) is 1.57. The molecule has 1 heterocycles. The molecule has 0 bridgehead atoms. The summed E-state index contributed by atoms with van der Waals surface area (Å²) in [4.78, 5) is 27.9. The lowest BCUT2D eigenvalue weighted by Crippen LogP contribution is -2.54. The van der Waals surface area contributed by atoms with Crippen LogP contribution in [0.5, 0.6) is 0 Å². The molecule has 2 aromatic rings. The fourth-order valence-corrected chi connectivity index (χ4v) is 3.66. The largest absolute Gasteiger partial charge is 0.359 e. The third-order valence-corrected chi connectivity index (χ3v) is 5.16. The molecule has 6 heteroatoms. The van der Waals surface area contributed by atoms with Crippen LogP contribution in [-0.4, -0.2) is 43.4 Å². The fourth-order valence-electron chi connectivity index (χ4n) is 2.74. The maximum absolute atomic E-state index is 12.3. The maximum atomic E-state index is 12.3. The first-order valence-corrected chi connectivity index (χ1v) is 9.03. The van der Waals surface area contributed by atoms with Gasteiger partial charge in [-0.25, -0.2) is 0 Å². The van der Waals surface area contributed by atoms with E-state index >= 15 is 0 Å². The lowest BCUT2D eigenvalue weighted by atomic mass is 9.99. The minimum atomic E-state index is -0.0588. The Morgan fingerprint density at radius 2 is 1.76 bits per heavy atom. The summed E-state index contributed by atoms with van der Waals surface area (Å²) in [7, 11) is 1.64. The number of carbonyl (C=O) groups is 2. The number of hydrogen-bond acceptors (Lipinski definition) is 4. The van der Waals surface area contributed by atoms with Crippen molar-refractivity contribution in [3.8, 4) is 0 Å². The smallest absolute Gasteiger partial charge is 0.238 e. The first-order valence-electron chi connectivity index (χ1n) is 8.21. The Morgan fingerprint density at radius 1 is 1.08 bits per heavy atom. The number of carbonyl (C=O) groups excluding carboxylic acids is 2. The van der Waals surface area contributed by atoms with Gasteiger partial charge in [-0.3, -0.25) is 14.5 Å². The van der Waals surface area contributed by atoms with Crippen LogP contribution in [0.2, 0.25) is 0 Å². The lowest BCUT2D eigenvalue weighted by molar-refractivity contribution is -0.132. The van der Waals surface area contributed by atoms with Crippen molar-refractivity contribution in [3.63, 3.8) is 0 Å². The van der Waals surface area contributed by atoms with Crippen LogP contribution in [0.4, 0.5) is 5.69 Å². The Bertz CT molecular complexity index is 745. The predicted octanol–water partition coefficient (Wildman–Crippen LogP) is 2.45. The molecule has 1 aliphatic heterocycles. The summed E-state index contributed by atoms with van der Waals surface area (Å²) in [5, 5.41) is 5.63. The molecule has 0 spiro atoms. The van der Waals surface area contributed by atoms with Gasteiger partial charge >= 0.3 is 0 Å². The normalized spacial score (nSPS) is 14.6. The van der Waals surface area contributed by atoms with Crippen LogP contribution in [0.3, 0.4) is 0 Å². The maximum Gasteiger partial charge on any atom is 0.238 e. The van der Waals surface area contributed by atoms with Crippen LogP contribution in [0.25, 0.3) is 0 Å². The van der Waals surface area contributed by atoms with E-state index in [0.717, 1.165) is 15.5 Å². The van der Waals surface area contributed by atoms with Crippen molar-refractivity contribution in [1.29, 1.82) is 0 Å². The van der Waals surface area contributed by atoms with Gasteiger partial charge in [-0.05, 0) is 24.3 Å². The molecule has 3 rings (SSSR count). The molecule has 0 unspecified atom stereocenters. The Morgan fingerprint density at radius 3 is 2.48 bits per heavy atom. The number of nitrogens with one attached hydrogen (secondary N) is 2. The highest BCUT2D eigenvalue weighted by atomic mass is 32.2. The van der Waals surface area contributed by atoms with Crippen LogP contribution in [0, 0.1) is 5.92 Å². The zero-order valence-electron chi connectivity index (χ0n) is 14.1. The molecule has 1 aliphatic rings. The van der Waals surface area contributed by atoms with E-state index in [-0.39, 0.29) is 17.7 Å². The molecule has 0 radical (unpaired) electrons. The quantitative estimate of drug-likeness (QED) is 0.836. The second kappa shape index (κ2) is 8.18. The minimum Gasteiger partial charge on any atom is -0.359 e. The highest BCUT2D eigenvalue weighted by Crippen LogP contribution is 2.33. The summed E-state index contributed by atoms with van der Waals surface area (Å²) >= 11 is 1.62. The van der Waals surface area contributed by atoms with Crippen molar-refractivity contribution in [2.45, 2.75) is 9.79 Å². The van der Waals surface area contributed by atoms with Gasteiger partial charge in [-0.2, -0.15) is 0 Å². The molecular formula is C19H21N3O2S. The van der Waals surface area contributed by atoms with E-state index in [4.69, 9.17) is 0 Å². The van der Waals surface area contributed by atoms with E-state index in [1.54, 1.807) is 18.8 Å². The summed E-state index contributed by atoms with van der Waals surface area (Å²) in [5.41, 5.74) is 0.810. The van der Waals surface area contributed by atoms with Gasteiger partial charge in [0.25, 0.3) is 0 Å². The SMILES string of the molecule is CNC(=O)C1CN(CC(=O)Nc2ccccc2Sc2ccccc2)C1. The van der Waals surface area contributed by atoms with Crippen LogP contribution in [0.15, 0.2) is 64.4 Å². The summed E-state index contributed by atoms with van der Waals surface area (Å²) in [6, 6.07) is 17.8. The summed E-state index contributed by atoms with van der Waals surface area (Å²) in [6.07, 6.45) is 0. The minimum absolute atomic E-state index is 0.00118. The van der Waals surface area contributed by atoms with Gasteiger partial charge in [-0.15, -0.1) is 0 Å². The third-order valence-electron chi connectivity index (χ3n) is 4.07. The zero-order chi connectivity index (χ0) is 17.6. The molecule has 0 saturated carbocycles. The van der Waals surface area contributed by atoms with Gasteiger partial charge in [0.15, 0.2) is 0 Å². The van der Waals surface area contributed by atoms with E-state index in [0.29, 0.717) is 19.6 Å². The monoisotopic (exact) mass is 355 g/mol. The average molecular weight is 355 g/mol. The highest BCUT2D eigenvalue weighted by Gasteiger charge is 2.32. The van der Waals surface area contributed by atoms with E-state index in [1.165, 1.54) is 0 Å². The number of benzene rings is 2. The van der Waals surface area contributed by atoms with Gasteiger partial charge in [0.05, 0.1) is 18.2 Å². The Balaban J connectivity index is 1.56. The lowest BCUT2D eigenvalue weighted by Gasteiger charge is -2.37. The third kappa shape index (κ3) is 4.61. The number of nitrogens with zero attached hydrogens (tertiary/aromatic N) is 1. The van der Waals surface area contributed by atoms with E-state index in [2.05, 4.69) is 10.6 Å². The Kier molecular flexibility index (Phi) is 5.73. The number of likely N-dealkylation sites (tertiary alicyclic amines) is 1. The first kappa shape index (κ1) is 17.5. The molecule has 2 aromatic carbocycles. The van der Waals surface area contributed by atoms with Gasteiger partial charge in [0, 0.05) is 29.9 Å². The molecular weight excluding hydrogens is 334 g/mol. The van der Waals surface area contributed by atoms with Gasteiger partial charge in [-0.1, -0.05) is 42.1 Å². The molecule has 0 aromatic heterocycles. The van der Waals surface area contributed by atoms with E-state index in [1.807, 2.05) is 59.5 Å². The van der Waals surface area contributed by atoms with Crippen molar-refractivity contribution < 1.29 is 9.59 Å². The molecule has 2 amide bonds. The number of amides is 2. The van der Waals surface area contributed by atoms with Crippen molar-refractivity contribution in [3.05, 3.63) is 54.6 Å². The predicted molar refractivity (Wildman–Crippen MR) is 99.6 cm³/mol. The summed E-state index contributed by atoms with van der Waals surface area (Å²) in [5.74, 6) is -0.0172. The number of para-hydroxylation sites is 1. The van der Waals surface area contributed by atoms with Crippen LogP contribution in [0.1, 0.15) is 0 Å². The zero-order valence-corrected chi connectivity index (χ0v) is 14.9. The van der Waals surface area contributed by atoms with Crippen molar-refractivity contribution >= 4 is 29.3 Å². The van der Waals surface area contributed by atoms with Gasteiger partial charge in [0.1, 0.15) is 0 Å². The van der Waals surface area contributed by atoms with Crippen LogP contribution in [-0.2, 0) is 9.59 Å². The topological polar surface area (TPSA) is 61.4 Å². The second-order valence-electron chi connectivity index (χ2n) is 5.96. The molecule has 1 fully saturated rings. The number of rotatable bonds is 6. The molecule has 25 heavy (non-hydrogen) atoms. The van der Waals surface area contributed by atoms with Crippen molar-refractivity contribution in [2.75, 3.05) is 32.0 Å². The molecule has 0 atom stereocenters. The standard InChI is InChI=1S/C19H21N3O2S/c1-20-19(24)14-11-22(12-14)13-18(23)21-16-9-5-6-10-17(16)25-15-7-3-2-4-8-15/h2-10,14H,11-13H2,1H3,(H,20,24)(H,21,23). The van der Waals surface area contributed by atoms with E-state index < -0.39 is 0 Å². The highest BCUT2D eigenvalue weighted by molar-refractivity contribution is 7.99. The van der Waals surface area contributed by atoms with Gasteiger partial charge in [0.2, 0.25) is 11.8 Å². The van der Waals surface area contributed by atoms with Crippen LogP contribution < -0.4 is 10.6 Å². The Labute approximate surface area is 151 Å². The Hall–Kier alpha value is -2.31. The summed E-state index contributed by atoms with van der Waals surface area (Å²) < 4.78 is 0. The number of anilines is 1. The molecule has 130 valence electrons. The van der Waals surface area contributed by atoms with E-state index in [9.17, 15) is 9.59 Å². The van der Waals surface area contributed by atoms with Crippen molar-refractivity contribution in [1.82, 2.24) is 10.2 Å². The number of hydrogen-bond donors (Lipinski definition) is 2. The molecule has 0 aliphatic carbocycles. The molecule has 5 nitrogen and oxygen atoms in total. The van der Waals surface area contributed by atoms with Crippen molar-refractivity contribution in [2.24, 2.45) is 5.92 Å². The molecule has 2 N–H and O–H groups in total. The second-order valence-corrected chi connectivity index (χ2v) is 7.08.